The van der Waals surface area contributed by atoms with E-state index in [4.69, 9.17) is 9.47 Å². The Kier molecular flexibility index (Phi) is 3.59. The summed E-state index contributed by atoms with van der Waals surface area (Å²) in [5.74, 6) is 0.812. The van der Waals surface area contributed by atoms with Gasteiger partial charge in [-0.3, -0.25) is 0 Å². The van der Waals surface area contributed by atoms with E-state index in [1.165, 1.54) is 0 Å². The van der Waals surface area contributed by atoms with Gasteiger partial charge in [0.05, 0.1) is 32.9 Å². The predicted molar refractivity (Wildman–Crippen MR) is 51.1 cm³/mol. The summed E-state index contributed by atoms with van der Waals surface area (Å²) in [5, 5.41) is 14.5. The van der Waals surface area contributed by atoms with Gasteiger partial charge in [-0.1, -0.05) is 0 Å². The maximum absolute atomic E-state index is 5.52. The van der Waals surface area contributed by atoms with Crippen molar-refractivity contribution in [2.75, 3.05) is 26.9 Å². The summed E-state index contributed by atoms with van der Waals surface area (Å²) in [4.78, 5) is 0. The van der Waals surface area contributed by atoms with Crippen LogP contribution in [0.25, 0.3) is 0 Å². The first-order chi connectivity index (χ1) is 7.40. The Morgan fingerprint density at radius 3 is 3.20 bits per heavy atom. The van der Waals surface area contributed by atoms with Crippen LogP contribution < -0.4 is 5.32 Å². The minimum atomic E-state index is 0.0536. The highest BCUT2D eigenvalue weighted by molar-refractivity contribution is 4.80. The van der Waals surface area contributed by atoms with Crippen LogP contribution in [0, 0.1) is 0 Å². The lowest BCUT2D eigenvalue weighted by atomic mass is 10.3. The van der Waals surface area contributed by atoms with E-state index in [-0.39, 0.29) is 6.10 Å². The third-order valence-corrected chi connectivity index (χ3v) is 2.20. The smallest absolute Gasteiger partial charge is 0.165 e. The molecule has 1 saturated heterocycles. The number of tetrazole rings is 1. The molecule has 0 amide bonds. The van der Waals surface area contributed by atoms with Crippen LogP contribution >= 0.6 is 0 Å². The van der Waals surface area contributed by atoms with Crippen LogP contribution in [-0.4, -0.2) is 53.2 Å². The first-order valence-corrected chi connectivity index (χ1v) is 4.99. The summed E-state index contributed by atoms with van der Waals surface area (Å²) in [6, 6.07) is 0. The molecule has 0 saturated carbocycles. The number of ether oxygens (including phenoxy) is 2. The molecule has 1 aromatic rings. The average Bonchev–Trinajstić information content (AvgIpc) is 2.68. The van der Waals surface area contributed by atoms with E-state index in [0.29, 0.717) is 32.9 Å². The Morgan fingerprint density at radius 1 is 1.53 bits per heavy atom. The second kappa shape index (κ2) is 5.15. The number of aromatic nitrogens is 4. The summed E-state index contributed by atoms with van der Waals surface area (Å²) >= 11 is 0. The summed E-state index contributed by atoms with van der Waals surface area (Å²) in [7, 11) is 1.86. The molecule has 0 radical (unpaired) electrons. The SMILES string of the molecule is CNCc1nnnn1CC1COCCO1. The van der Waals surface area contributed by atoms with Crippen molar-refractivity contribution in [3.63, 3.8) is 0 Å². The first-order valence-electron chi connectivity index (χ1n) is 4.99. The first kappa shape index (κ1) is 10.5. The highest BCUT2D eigenvalue weighted by atomic mass is 16.6. The lowest BCUT2D eigenvalue weighted by molar-refractivity contribution is -0.0950. The van der Waals surface area contributed by atoms with Crippen molar-refractivity contribution < 1.29 is 9.47 Å². The molecule has 15 heavy (non-hydrogen) atoms. The number of rotatable bonds is 4. The van der Waals surface area contributed by atoms with E-state index in [9.17, 15) is 0 Å². The fourth-order valence-corrected chi connectivity index (χ4v) is 1.48. The summed E-state index contributed by atoms with van der Waals surface area (Å²) in [6.07, 6.45) is 0.0536. The van der Waals surface area contributed by atoms with Gasteiger partial charge in [0.2, 0.25) is 0 Å². The summed E-state index contributed by atoms with van der Waals surface area (Å²) in [5.41, 5.74) is 0. The van der Waals surface area contributed by atoms with Crippen molar-refractivity contribution in [2.45, 2.75) is 19.2 Å². The third kappa shape index (κ3) is 2.71. The van der Waals surface area contributed by atoms with E-state index in [1.807, 2.05) is 7.05 Å². The van der Waals surface area contributed by atoms with Crippen LogP contribution in [0.1, 0.15) is 5.82 Å². The Morgan fingerprint density at radius 2 is 2.47 bits per heavy atom. The van der Waals surface area contributed by atoms with Crippen molar-refractivity contribution in [1.29, 1.82) is 0 Å². The molecule has 1 unspecified atom stereocenters. The van der Waals surface area contributed by atoms with Crippen molar-refractivity contribution in [3.8, 4) is 0 Å². The lowest BCUT2D eigenvalue weighted by Crippen LogP contribution is -2.33. The maximum Gasteiger partial charge on any atom is 0.165 e. The van der Waals surface area contributed by atoms with Crippen LogP contribution in [0.4, 0.5) is 0 Å². The molecule has 1 aromatic heterocycles. The molecule has 0 spiro atoms. The Hall–Kier alpha value is -1.05. The molecule has 1 fully saturated rings. The third-order valence-electron chi connectivity index (χ3n) is 2.20. The second-order valence-electron chi connectivity index (χ2n) is 3.38. The summed E-state index contributed by atoms with van der Waals surface area (Å²) in [6.45, 7) is 3.23. The van der Waals surface area contributed by atoms with Gasteiger partial charge in [-0.15, -0.1) is 5.10 Å². The van der Waals surface area contributed by atoms with Gasteiger partial charge in [0.25, 0.3) is 0 Å². The second-order valence-corrected chi connectivity index (χ2v) is 3.38. The van der Waals surface area contributed by atoms with Gasteiger partial charge in [0, 0.05) is 0 Å². The molecular formula is C8H15N5O2. The molecule has 1 N–H and O–H groups in total. The minimum Gasteiger partial charge on any atom is -0.376 e. The zero-order valence-corrected chi connectivity index (χ0v) is 8.72. The van der Waals surface area contributed by atoms with Crippen molar-refractivity contribution >= 4 is 0 Å². The van der Waals surface area contributed by atoms with Crippen LogP contribution in [0.2, 0.25) is 0 Å². The molecule has 2 heterocycles. The molecular weight excluding hydrogens is 198 g/mol. The van der Waals surface area contributed by atoms with Gasteiger partial charge in [-0.25, -0.2) is 4.68 Å². The monoisotopic (exact) mass is 213 g/mol. The molecule has 0 bridgehead atoms. The molecule has 0 aromatic carbocycles. The molecule has 0 aliphatic carbocycles. The van der Waals surface area contributed by atoms with E-state index in [2.05, 4.69) is 20.8 Å². The van der Waals surface area contributed by atoms with Crippen molar-refractivity contribution in [2.24, 2.45) is 0 Å². The highest BCUT2D eigenvalue weighted by Crippen LogP contribution is 2.04. The normalized spacial score (nSPS) is 21.8. The van der Waals surface area contributed by atoms with Crippen LogP contribution in [0.5, 0.6) is 0 Å². The van der Waals surface area contributed by atoms with E-state index < -0.39 is 0 Å². The molecule has 7 nitrogen and oxygen atoms in total. The van der Waals surface area contributed by atoms with Gasteiger partial charge in [0.15, 0.2) is 5.82 Å². The average molecular weight is 213 g/mol. The van der Waals surface area contributed by atoms with Gasteiger partial charge in [-0.05, 0) is 17.5 Å². The number of hydrogen-bond donors (Lipinski definition) is 1. The lowest BCUT2D eigenvalue weighted by Gasteiger charge is -2.22. The quantitative estimate of drug-likeness (QED) is 0.677. The fourth-order valence-electron chi connectivity index (χ4n) is 1.48. The number of hydrogen-bond acceptors (Lipinski definition) is 6. The van der Waals surface area contributed by atoms with Crippen LogP contribution in [0.15, 0.2) is 0 Å². The minimum absolute atomic E-state index is 0.0536. The van der Waals surface area contributed by atoms with Gasteiger partial charge >= 0.3 is 0 Å². The maximum atomic E-state index is 5.52. The molecule has 1 aliphatic rings. The molecule has 7 heteroatoms. The Bertz CT molecular complexity index is 297. The standard InChI is InChI=1S/C8H15N5O2/c1-9-4-8-10-11-12-13(8)5-7-6-14-2-3-15-7/h7,9H,2-6H2,1H3. The number of nitrogens with one attached hydrogen (secondary N) is 1. The fraction of sp³-hybridized carbons (Fsp3) is 0.875. The Labute approximate surface area is 87.7 Å². The molecule has 1 aliphatic heterocycles. The van der Waals surface area contributed by atoms with Gasteiger partial charge < -0.3 is 14.8 Å². The van der Waals surface area contributed by atoms with Crippen LogP contribution in [-0.2, 0) is 22.6 Å². The van der Waals surface area contributed by atoms with Gasteiger partial charge in [-0.2, -0.15) is 0 Å². The van der Waals surface area contributed by atoms with E-state index in [1.54, 1.807) is 4.68 Å². The zero-order chi connectivity index (χ0) is 10.5. The molecule has 1 atom stereocenters. The number of nitrogens with zero attached hydrogens (tertiary/aromatic N) is 4. The van der Waals surface area contributed by atoms with E-state index >= 15 is 0 Å². The topological polar surface area (TPSA) is 74.1 Å². The van der Waals surface area contributed by atoms with E-state index in [0.717, 1.165) is 5.82 Å². The Balaban J connectivity index is 1.93. The molecule has 84 valence electrons. The largest absolute Gasteiger partial charge is 0.376 e. The van der Waals surface area contributed by atoms with Crippen molar-refractivity contribution in [1.82, 2.24) is 25.5 Å². The summed E-state index contributed by atoms with van der Waals surface area (Å²) < 4.78 is 12.6. The van der Waals surface area contributed by atoms with Crippen LogP contribution in [0.3, 0.4) is 0 Å². The predicted octanol–water partition coefficient (Wildman–Crippen LogP) is -1.19. The van der Waals surface area contributed by atoms with Crippen molar-refractivity contribution in [3.05, 3.63) is 5.82 Å². The zero-order valence-electron chi connectivity index (χ0n) is 8.72. The van der Waals surface area contributed by atoms with Gasteiger partial charge in [0.1, 0.15) is 6.10 Å². The molecule has 2 rings (SSSR count). The highest BCUT2D eigenvalue weighted by Gasteiger charge is 2.17.